The molecule has 0 aliphatic heterocycles. The normalized spacial score (nSPS) is 12.8. The third-order valence-electron chi connectivity index (χ3n) is 2.56. The highest BCUT2D eigenvalue weighted by atomic mass is 32.2. The third-order valence-corrected chi connectivity index (χ3v) is 3.66. The van der Waals surface area contributed by atoms with Gasteiger partial charge < -0.3 is 15.8 Å². The molecule has 0 bridgehead atoms. The second kappa shape index (κ2) is 6.60. The number of nitrogens with two attached hydrogens (primary N) is 1. The van der Waals surface area contributed by atoms with Crippen LogP contribution in [0, 0.1) is 0 Å². The summed E-state index contributed by atoms with van der Waals surface area (Å²) in [4.78, 5) is 11.7. The van der Waals surface area contributed by atoms with E-state index in [2.05, 4.69) is 5.32 Å². The smallest absolute Gasteiger partial charge is 0.340 e. The summed E-state index contributed by atoms with van der Waals surface area (Å²) in [7, 11) is -3.09. The maximum absolute atomic E-state index is 11.7. The lowest BCUT2D eigenvalue weighted by Gasteiger charge is -2.17. The van der Waals surface area contributed by atoms with Gasteiger partial charge in [-0.15, -0.1) is 0 Å². The Morgan fingerprint density at radius 3 is 2.65 bits per heavy atom. The summed E-state index contributed by atoms with van der Waals surface area (Å²) in [5.74, 6) is -0.514. The first-order chi connectivity index (χ1) is 9.24. The van der Waals surface area contributed by atoms with E-state index in [9.17, 15) is 13.2 Å². The summed E-state index contributed by atoms with van der Waals surface area (Å²) in [5, 5.41) is 2.99. The van der Waals surface area contributed by atoms with Gasteiger partial charge in [-0.2, -0.15) is 0 Å². The second-order valence-electron chi connectivity index (χ2n) is 4.63. The molecular weight excluding hydrogens is 280 g/mol. The Bertz CT molecular complexity index is 584. The van der Waals surface area contributed by atoms with Crippen molar-refractivity contribution in [3.63, 3.8) is 0 Å². The molecule has 1 aromatic carbocycles. The average molecular weight is 300 g/mol. The predicted octanol–water partition coefficient (Wildman–Crippen LogP) is 1.29. The predicted molar refractivity (Wildman–Crippen MR) is 79.6 cm³/mol. The molecular formula is C13H20N2O4S. The molecule has 1 aromatic rings. The zero-order valence-corrected chi connectivity index (χ0v) is 12.7. The molecule has 0 aromatic heterocycles. The highest BCUT2D eigenvalue weighted by Gasteiger charge is 2.16. The van der Waals surface area contributed by atoms with Gasteiger partial charge in [0.2, 0.25) is 0 Å². The van der Waals surface area contributed by atoms with E-state index in [0.717, 1.165) is 0 Å². The van der Waals surface area contributed by atoms with Gasteiger partial charge in [-0.3, -0.25) is 0 Å². The van der Waals surface area contributed by atoms with Gasteiger partial charge >= 0.3 is 5.97 Å². The van der Waals surface area contributed by atoms with Crippen molar-refractivity contribution in [2.45, 2.75) is 19.9 Å². The minimum Gasteiger partial charge on any atom is -0.462 e. The topological polar surface area (TPSA) is 98.5 Å². The van der Waals surface area contributed by atoms with Gasteiger partial charge in [0, 0.05) is 12.3 Å². The number of sulfone groups is 1. The molecule has 0 fully saturated rings. The number of rotatable bonds is 6. The van der Waals surface area contributed by atoms with Gasteiger partial charge in [0.05, 0.1) is 29.3 Å². The number of carbonyl (C=O) groups is 1. The SMILES string of the molecule is CCOC(=O)c1cccc(NC(C)CS(C)(=O)=O)c1N. The first-order valence-electron chi connectivity index (χ1n) is 6.24. The van der Waals surface area contributed by atoms with Crippen LogP contribution in [0.1, 0.15) is 24.2 Å². The molecule has 7 heteroatoms. The molecule has 1 atom stereocenters. The Morgan fingerprint density at radius 1 is 1.45 bits per heavy atom. The van der Waals surface area contributed by atoms with Crippen molar-refractivity contribution >= 4 is 27.2 Å². The van der Waals surface area contributed by atoms with Crippen LogP contribution in [0.5, 0.6) is 0 Å². The molecule has 0 radical (unpaired) electrons. The minimum absolute atomic E-state index is 0.0178. The third kappa shape index (κ3) is 4.73. The number of para-hydroxylation sites is 1. The van der Waals surface area contributed by atoms with Crippen molar-refractivity contribution in [3.8, 4) is 0 Å². The first-order valence-corrected chi connectivity index (χ1v) is 8.30. The van der Waals surface area contributed by atoms with E-state index in [1.165, 1.54) is 6.26 Å². The Kier molecular flexibility index (Phi) is 5.38. The van der Waals surface area contributed by atoms with Crippen LogP contribution in [0.15, 0.2) is 18.2 Å². The van der Waals surface area contributed by atoms with Crippen molar-refractivity contribution in [2.24, 2.45) is 0 Å². The van der Waals surface area contributed by atoms with Crippen LogP contribution in [-0.4, -0.2) is 39.0 Å². The Morgan fingerprint density at radius 2 is 2.10 bits per heavy atom. The molecule has 0 saturated carbocycles. The summed E-state index contributed by atoms with van der Waals surface area (Å²) in [6.45, 7) is 3.71. The minimum atomic E-state index is -3.09. The van der Waals surface area contributed by atoms with Crippen LogP contribution < -0.4 is 11.1 Å². The van der Waals surface area contributed by atoms with E-state index in [1.54, 1.807) is 32.0 Å². The average Bonchev–Trinajstić information content (AvgIpc) is 2.29. The number of nitrogens with one attached hydrogen (secondary N) is 1. The Balaban J connectivity index is 2.92. The Hall–Kier alpha value is -1.76. The number of carbonyl (C=O) groups excluding carboxylic acids is 1. The van der Waals surface area contributed by atoms with E-state index in [-0.39, 0.29) is 29.7 Å². The van der Waals surface area contributed by atoms with E-state index < -0.39 is 15.8 Å². The molecule has 1 unspecified atom stereocenters. The molecule has 0 aliphatic rings. The molecule has 0 aliphatic carbocycles. The van der Waals surface area contributed by atoms with Crippen molar-refractivity contribution in [3.05, 3.63) is 23.8 Å². The number of hydrogen-bond acceptors (Lipinski definition) is 6. The molecule has 3 N–H and O–H groups in total. The highest BCUT2D eigenvalue weighted by molar-refractivity contribution is 7.90. The molecule has 0 saturated heterocycles. The molecule has 0 spiro atoms. The second-order valence-corrected chi connectivity index (χ2v) is 6.81. The fourth-order valence-corrected chi connectivity index (χ4v) is 2.83. The summed E-state index contributed by atoms with van der Waals surface area (Å²) >= 11 is 0. The number of nitrogen functional groups attached to an aromatic ring is 1. The van der Waals surface area contributed by atoms with Gasteiger partial charge in [-0.1, -0.05) is 6.07 Å². The summed E-state index contributed by atoms with van der Waals surface area (Å²) in [6, 6.07) is 4.61. The molecule has 0 heterocycles. The number of benzene rings is 1. The lowest BCUT2D eigenvalue weighted by Crippen LogP contribution is -2.25. The zero-order valence-electron chi connectivity index (χ0n) is 11.8. The number of esters is 1. The maximum atomic E-state index is 11.7. The van der Waals surface area contributed by atoms with Crippen LogP contribution in [-0.2, 0) is 14.6 Å². The summed E-state index contributed by atoms with van der Waals surface area (Å²) in [5.41, 5.74) is 6.96. The zero-order chi connectivity index (χ0) is 15.3. The van der Waals surface area contributed by atoms with E-state index in [0.29, 0.717) is 5.69 Å². The van der Waals surface area contributed by atoms with E-state index >= 15 is 0 Å². The molecule has 1 rings (SSSR count). The molecule has 20 heavy (non-hydrogen) atoms. The largest absolute Gasteiger partial charge is 0.462 e. The van der Waals surface area contributed by atoms with Crippen molar-refractivity contribution in [1.29, 1.82) is 0 Å². The number of anilines is 2. The summed E-state index contributed by atoms with van der Waals surface area (Å²) in [6.07, 6.45) is 1.17. The van der Waals surface area contributed by atoms with Crippen LogP contribution in [0.25, 0.3) is 0 Å². The van der Waals surface area contributed by atoms with Crippen LogP contribution in [0.4, 0.5) is 11.4 Å². The van der Waals surface area contributed by atoms with Crippen LogP contribution in [0.3, 0.4) is 0 Å². The van der Waals surface area contributed by atoms with Crippen LogP contribution >= 0.6 is 0 Å². The van der Waals surface area contributed by atoms with Crippen molar-refractivity contribution in [1.82, 2.24) is 0 Å². The van der Waals surface area contributed by atoms with Gasteiger partial charge in [-0.05, 0) is 26.0 Å². The van der Waals surface area contributed by atoms with Crippen LogP contribution in [0.2, 0.25) is 0 Å². The Labute approximate surface area is 119 Å². The standard InChI is InChI=1S/C13H20N2O4S/c1-4-19-13(16)10-6-5-7-11(12(10)14)15-9(2)8-20(3,17)18/h5-7,9,15H,4,8,14H2,1-3H3. The van der Waals surface area contributed by atoms with Gasteiger partial charge in [-0.25, -0.2) is 13.2 Å². The fraction of sp³-hybridized carbons (Fsp3) is 0.462. The van der Waals surface area contributed by atoms with Crippen molar-refractivity contribution in [2.75, 3.05) is 29.7 Å². The number of hydrogen-bond donors (Lipinski definition) is 2. The summed E-state index contributed by atoms with van der Waals surface area (Å²) < 4.78 is 27.4. The lowest BCUT2D eigenvalue weighted by molar-refractivity contribution is 0.0527. The molecule has 6 nitrogen and oxygen atoms in total. The highest BCUT2D eigenvalue weighted by Crippen LogP contribution is 2.24. The first kappa shape index (κ1) is 16.3. The maximum Gasteiger partial charge on any atom is 0.340 e. The van der Waals surface area contributed by atoms with Gasteiger partial charge in [0.15, 0.2) is 0 Å². The fourth-order valence-electron chi connectivity index (χ4n) is 1.84. The number of ether oxygens (including phenoxy) is 1. The lowest BCUT2D eigenvalue weighted by atomic mass is 10.1. The quantitative estimate of drug-likeness (QED) is 0.607. The monoisotopic (exact) mass is 300 g/mol. The molecule has 0 amide bonds. The van der Waals surface area contributed by atoms with Gasteiger partial charge in [0.1, 0.15) is 9.84 Å². The van der Waals surface area contributed by atoms with Crippen molar-refractivity contribution < 1.29 is 17.9 Å². The van der Waals surface area contributed by atoms with E-state index in [4.69, 9.17) is 10.5 Å². The van der Waals surface area contributed by atoms with Gasteiger partial charge in [0.25, 0.3) is 0 Å². The molecule has 112 valence electrons. The van der Waals surface area contributed by atoms with E-state index in [1.807, 2.05) is 0 Å².